The van der Waals surface area contributed by atoms with E-state index in [2.05, 4.69) is 4.98 Å². The lowest BCUT2D eigenvalue weighted by molar-refractivity contribution is -0.141. The Labute approximate surface area is 111 Å². The molecule has 1 unspecified atom stereocenters. The summed E-state index contributed by atoms with van der Waals surface area (Å²) in [6.45, 7) is 3.97. The second kappa shape index (κ2) is 4.98. The number of imidazole rings is 1. The number of hydrogen-bond donors (Lipinski definition) is 0. The number of hydrogen-bond acceptors (Lipinski definition) is 3. The van der Waals surface area contributed by atoms with Crippen LogP contribution in [0, 0.1) is 6.92 Å². The van der Waals surface area contributed by atoms with Crippen molar-refractivity contribution in [2.75, 3.05) is 7.11 Å². The molecule has 0 fully saturated rings. The highest BCUT2D eigenvalue weighted by Crippen LogP contribution is 2.25. The average molecular weight is 267 g/mol. The molecule has 0 bridgehead atoms. The molecule has 4 nitrogen and oxygen atoms in total. The number of halogens is 1. The zero-order valence-corrected chi connectivity index (χ0v) is 11.4. The molecule has 0 N–H and O–H groups in total. The van der Waals surface area contributed by atoms with Crippen molar-refractivity contribution in [1.82, 2.24) is 9.55 Å². The van der Waals surface area contributed by atoms with Crippen LogP contribution < -0.4 is 0 Å². The van der Waals surface area contributed by atoms with Crippen LogP contribution in [0.1, 0.15) is 23.7 Å². The summed E-state index contributed by atoms with van der Waals surface area (Å²) in [4.78, 5) is 15.9. The molecule has 0 saturated carbocycles. The van der Waals surface area contributed by atoms with Gasteiger partial charge in [-0.1, -0.05) is 6.07 Å². The molecular formula is C13H15ClN2O2. The number of alkyl halides is 1. The van der Waals surface area contributed by atoms with Crippen LogP contribution in [-0.4, -0.2) is 22.6 Å². The fourth-order valence-corrected chi connectivity index (χ4v) is 2.09. The van der Waals surface area contributed by atoms with Gasteiger partial charge in [0.25, 0.3) is 0 Å². The molecule has 0 radical (unpaired) electrons. The third-order valence-electron chi connectivity index (χ3n) is 2.80. The van der Waals surface area contributed by atoms with Gasteiger partial charge in [-0.25, -0.2) is 4.98 Å². The number of esters is 1. The molecule has 2 rings (SSSR count). The summed E-state index contributed by atoms with van der Waals surface area (Å²) in [5, 5.41) is -0.262. The Morgan fingerprint density at radius 1 is 1.56 bits per heavy atom. The molecule has 96 valence electrons. The quantitative estimate of drug-likeness (QED) is 0.634. The maximum atomic E-state index is 11.5. The van der Waals surface area contributed by atoms with Crippen LogP contribution in [0.5, 0.6) is 0 Å². The smallest absolute Gasteiger partial charge is 0.325 e. The van der Waals surface area contributed by atoms with E-state index in [0.29, 0.717) is 5.82 Å². The predicted molar refractivity (Wildman–Crippen MR) is 70.8 cm³/mol. The number of rotatable bonds is 3. The number of aryl methyl sites for hydroxylation is 1. The van der Waals surface area contributed by atoms with E-state index in [0.717, 1.165) is 16.6 Å². The van der Waals surface area contributed by atoms with Gasteiger partial charge in [-0.2, -0.15) is 0 Å². The average Bonchev–Trinajstić information content (AvgIpc) is 2.67. The van der Waals surface area contributed by atoms with E-state index in [9.17, 15) is 4.79 Å². The van der Waals surface area contributed by atoms with Gasteiger partial charge in [0.05, 0.1) is 23.5 Å². The Balaban J connectivity index is 2.59. The molecule has 0 saturated heterocycles. The van der Waals surface area contributed by atoms with Gasteiger partial charge in [0, 0.05) is 0 Å². The molecule has 18 heavy (non-hydrogen) atoms. The molecule has 0 aliphatic heterocycles. The lowest BCUT2D eigenvalue weighted by atomic mass is 10.2. The van der Waals surface area contributed by atoms with Gasteiger partial charge in [-0.3, -0.25) is 4.79 Å². The third kappa shape index (κ3) is 2.34. The Morgan fingerprint density at radius 2 is 2.28 bits per heavy atom. The van der Waals surface area contributed by atoms with Gasteiger partial charge < -0.3 is 9.30 Å². The molecule has 1 aromatic carbocycles. The first-order valence-electron chi connectivity index (χ1n) is 5.70. The van der Waals surface area contributed by atoms with Crippen molar-refractivity contribution in [1.29, 1.82) is 0 Å². The topological polar surface area (TPSA) is 44.1 Å². The first-order valence-corrected chi connectivity index (χ1v) is 6.14. The van der Waals surface area contributed by atoms with Gasteiger partial charge in [-0.05, 0) is 31.5 Å². The van der Waals surface area contributed by atoms with Crippen molar-refractivity contribution in [3.8, 4) is 0 Å². The SMILES string of the molecule is COC(=O)Cn1c(C(C)Cl)nc2cc(C)ccc21. The summed E-state index contributed by atoms with van der Waals surface area (Å²) in [5.41, 5.74) is 2.87. The molecule has 1 atom stereocenters. The molecule has 5 heteroatoms. The highest BCUT2D eigenvalue weighted by Gasteiger charge is 2.17. The van der Waals surface area contributed by atoms with Gasteiger partial charge in [0.2, 0.25) is 0 Å². The van der Waals surface area contributed by atoms with Gasteiger partial charge >= 0.3 is 5.97 Å². The van der Waals surface area contributed by atoms with E-state index in [1.165, 1.54) is 7.11 Å². The zero-order chi connectivity index (χ0) is 13.3. The number of nitrogens with zero attached hydrogens (tertiary/aromatic N) is 2. The molecule has 0 amide bonds. The Bertz CT molecular complexity index is 590. The zero-order valence-electron chi connectivity index (χ0n) is 10.6. The summed E-state index contributed by atoms with van der Waals surface area (Å²) in [6.07, 6.45) is 0. The number of carbonyl (C=O) groups excluding carboxylic acids is 1. The van der Waals surface area contributed by atoms with Crippen LogP contribution in [0.3, 0.4) is 0 Å². The maximum absolute atomic E-state index is 11.5. The number of aromatic nitrogens is 2. The van der Waals surface area contributed by atoms with E-state index in [1.807, 2.05) is 32.0 Å². The number of methoxy groups -OCH3 is 1. The second-order valence-electron chi connectivity index (χ2n) is 4.24. The summed E-state index contributed by atoms with van der Waals surface area (Å²) >= 11 is 6.11. The highest BCUT2D eigenvalue weighted by molar-refractivity contribution is 6.20. The van der Waals surface area contributed by atoms with Crippen molar-refractivity contribution in [2.24, 2.45) is 0 Å². The number of ether oxygens (including phenoxy) is 1. The second-order valence-corrected chi connectivity index (χ2v) is 4.90. The van der Waals surface area contributed by atoms with Gasteiger partial charge in [0.1, 0.15) is 12.4 Å². The largest absolute Gasteiger partial charge is 0.468 e. The Morgan fingerprint density at radius 3 is 2.89 bits per heavy atom. The van der Waals surface area contributed by atoms with Crippen molar-refractivity contribution in [2.45, 2.75) is 25.8 Å². The van der Waals surface area contributed by atoms with Crippen molar-refractivity contribution in [3.63, 3.8) is 0 Å². The molecule has 2 aromatic rings. The normalized spacial score (nSPS) is 12.7. The van der Waals surface area contributed by atoms with E-state index in [4.69, 9.17) is 16.3 Å². The van der Waals surface area contributed by atoms with Crippen LogP contribution in [0.4, 0.5) is 0 Å². The van der Waals surface area contributed by atoms with E-state index < -0.39 is 0 Å². The minimum atomic E-state index is -0.312. The molecule has 0 spiro atoms. The summed E-state index contributed by atoms with van der Waals surface area (Å²) in [6, 6.07) is 5.91. The van der Waals surface area contributed by atoms with E-state index in [1.54, 1.807) is 4.57 Å². The fraction of sp³-hybridized carbons (Fsp3) is 0.385. The predicted octanol–water partition coefficient (Wildman–Crippen LogP) is 2.82. The summed E-state index contributed by atoms with van der Waals surface area (Å²) in [7, 11) is 1.37. The number of fused-ring (bicyclic) bond motifs is 1. The van der Waals surface area contributed by atoms with Crippen LogP contribution in [0.15, 0.2) is 18.2 Å². The highest BCUT2D eigenvalue weighted by atomic mass is 35.5. The van der Waals surface area contributed by atoms with Gasteiger partial charge in [-0.15, -0.1) is 11.6 Å². The van der Waals surface area contributed by atoms with Crippen molar-refractivity contribution >= 4 is 28.6 Å². The fourth-order valence-electron chi connectivity index (χ4n) is 1.92. The molecule has 0 aliphatic carbocycles. The lowest BCUT2D eigenvalue weighted by Gasteiger charge is -2.08. The third-order valence-corrected chi connectivity index (χ3v) is 3.00. The summed E-state index contributed by atoms with van der Waals surface area (Å²) in [5.74, 6) is 0.371. The number of benzene rings is 1. The van der Waals surface area contributed by atoms with E-state index in [-0.39, 0.29) is 17.9 Å². The van der Waals surface area contributed by atoms with Crippen molar-refractivity contribution in [3.05, 3.63) is 29.6 Å². The monoisotopic (exact) mass is 266 g/mol. The Hall–Kier alpha value is -1.55. The first kappa shape index (κ1) is 12.9. The van der Waals surface area contributed by atoms with Crippen LogP contribution >= 0.6 is 11.6 Å². The van der Waals surface area contributed by atoms with Crippen LogP contribution in [0.25, 0.3) is 11.0 Å². The molecular weight excluding hydrogens is 252 g/mol. The molecule has 0 aliphatic rings. The first-order chi connectivity index (χ1) is 8.52. The lowest BCUT2D eigenvalue weighted by Crippen LogP contribution is -2.14. The summed E-state index contributed by atoms with van der Waals surface area (Å²) < 4.78 is 6.50. The van der Waals surface area contributed by atoms with Crippen LogP contribution in [-0.2, 0) is 16.1 Å². The number of carbonyl (C=O) groups is 1. The minimum Gasteiger partial charge on any atom is -0.468 e. The van der Waals surface area contributed by atoms with E-state index >= 15 is 0 Å². The van der Waals surface area contributed by atoms with Crippen LogP contribution in [0.2, 0.25) is 0 Å². The van der Waals surface area contributed by atoms with Gasteiger partial charge in [0.15, 0.2) is 0 Å². The molecule has 1 aromatic heterocycles. The van der Waals surface area contributed by atoms with Crippen molar-refractivity contribution < 1.29 is 9.53 Å². The minimum absolute atomic E-state index is 0.127. The standard InChI is InChI=1S/C13H15ClN2O2/c1-8-4-5-11-10(6-8)15-13(9(2)14)16(11)7-12(17)18-3/h4-6,9H,7H2,1-3H3. The maximum Gasteiger partial charge on any atom is 0.325 e. The molecule has 1 heterocycles. The Kier molecular flexibility index (Phi) is 3.57.